The van der Waals surface area contributed by atoms with E-state index in [0.717, 1.165) is 62.1 Å². The number of methoxy groups -OCH3 is 1. The fraction of sp³-hybridized carbons (Fsp3) is 0.344. The zero-order valence-electron chi connectivity index (χ0n) is 22.6. The molecule has 39 heavy (non-hydrogen) atoms. The van der Waals surface area contributed by atoms with E-state index in [9.17, 15) is 4.79 Å². The predicted octanol–water partition coefficient (Wildman–Crippen LogP) is 5.26. The summed E-state index contributed by atoms with van der Waals surface area (Å²) in [6, 6.07) is 22.8. The van der Waals surface area contributed by atoms with E-state index in [1.807, 2.05) is 23.1 Å². The number of nitrogens with zero attached hydrogens (tertiary/aromatic N) is 3. The second kappa shape index (κ2) is 11.0. The van der Waals surface area contributed by atoms with Gasteiger partial charge in [-0.25, -0.2) is 0 Å². The van der Waals surface area contributed by atoms with Gasteiger partial charge in [0.1, 0.15) is 5.75 Å². The molecule has 0 spiro atoms. The number of para-hydroxylation sites is 1. The quantitative estimate of drug-likeness (QED) is 0.314. The number of carbonyl (C=O) groups excluding carboxylic acids is 1. The number of benzene rings is 3. The Kier molecular flexibility index (Phi) is 7.16. The maximum atomic E-state index is 13.8. The van der Waals surface area contributed by atoms with Crippen molar-refractivity contribution in [2.45, 2.75) is 32.4 Å². The number of fused-ring (bicyclic) bond motifs is 2. The smallest absolute Gasteiger partial charge is 0.231 e. The molecule has 4 aromatic rings. The second-order valence-corrected chi connectivity index (χ2v) is 10.3. The molecule has 0 aliphatic carbocycles. The number of carbonyl (C=O) groups is 1. The number of aromatic nitrogens is 1. The van der Waals surface area contributed by atoms with E-state index in [0.29, 0.717) is 6.42 Å². The molecule has 0 unspecified atom stereocenters. The highest BCUT2D eigenvalue weighted by Gasteiger charge is 2.28. The molecular formula is C32H35N3O4. The van der Waals surface area contributed by atoms with E-state index in [-0.39, 0.29) is 18.6 Å². The number of rotatable bonds is 8. The van der Waals surface area contributed by atoms with Crippen molar-refractivity contribution in [3.63, 3.8) is 0 Å². The fourth-order valence-electron chi connectivity index (χ4n) is 5.84. The lowest BCUT2D eigenvalue weighted by atomic mass is 9.87. The Bertz CT molecular complexity index is 1470. The van der Waals surface area contributed by atoms with E-state index < -0.39 is 0 Å². The molecule has 6 rings (SSSR count). The third kappa shape index (κ3) is 5.19. The standard InChI is InChI=1S/C32H35N3O4/c1-3-34-21-28(26-9-4-5-10-29(26)34)27(24-7-6-8-25(18-24)37-2)19-32(36)35-15-13-33(14-16-35)20-23-11-12-30-31(17-23)39-22-38-30/h4-12,17-18,21,27H,3,13-16,19-20,22H2,1-2H3/t27-/m0/s1. The highest BCUT2D eigenvalue weighted by Crippen LogP contribution is 2.37. The minimum atomic E-state index is -0.0584. The Morgan fingerprint density at radius 1 is 0.949 bits per heavy atom. The molecule has 7 nitrogen and oxygen atoms in total. The number of amides is 1. The van der Waals surface area contributed by atoms with Crippen molar-refractivity contribution in [3.8, 4) is 17.2 Å². The first-order valence-electron chi connectivity index (χ1n) is 13.7. The van der Waals surface area contributed by atoms with Crippen LogP contribution >= 0.6 is 0 Å². The van der Waals surface area contributed by atoms with Crippen LogP contribution in [0.25, 0.3) is 10.9 Å². The molecule has 0 N–H and O–H groups in total. The van der Waals surface area contributed by atoms with Crippen LogP contribution in [0.3, 0.4) is 0 Å². The van der Waals surface area contributed by atoms with Gasteiger partial charge in [0.25, 0.3) is 0 Å². The summed E-state index contributed by atoms with van der Waals surface area (Å²) in [6.45, 7) is 7.31. The molecule has 1 saturated heterocycles. The minimum Gasteiger partial charge on any atom is -0.497 e. The first kappa shape index (κ1) is 25.3. The van der Waals surface area contributed by atoms with Crippen molar-refractivity contribution >= 4 is 16.8 Å². The average molecular weight is 526 g/mol. The van der Waals surface area contributed by atoms with Gasteiger partial charge in [-0.15, -0.1) is 0 Å². The van der Waals surface area contributed by atoms with E-state index >= 15 is 0 Å². The lowest BCUT2D eigenvalue weighted by Crippen LogP contribution is -2.48. The molecule has 3 heterocycles. The maximum absolute atomic E-state index is 13.8. The van der Waals surface area contributed by atoms with Crippen molar-refractivity contribution in [3.05, 3.63) is 89.6 Å². The summed E-state index contributed by atoms with van der Waals surface area (Å²) >= 11 is 0. The summed E-state index contributed by atoms with van der Waals surface area (Å²) in [5, 5.41) is 1.20. The van der Waals surface area contributed by atoms with Gasteiger partial charge in [0, 0.05) is 68.7 Å². The molecule has 2 aliphatic heterocycles. The lowest BCUT2D eigenvalue weighted by molar-refractivity contribution is -0.133. The first-order valence-corrected chi connectivity index (χ1v) is 13.7. The monoisotopic (exact) mass is 525 g/mol. The van der Waals surface area contributed by atoms with Crippen LogP contribution in [0.5, 0.6) is 17.2 Å². The molecule has 7 heteroatoms. The van der Waals surface area contributed by atoms with Crippen LogP contribution < -0.4 is 14.2 Å². The van der Waals surface area contributed by atoms with Gasteiger partial charge >= 0.3 is 0 Å². The van der Waals surface area contributed by atoms with E-state index in [2.05, 4.69) is 71.1 Å². The molecule has 1 fully saturated rings. The zero-order chi connectivity index (χ0) is 26.8. The Morgan fingerprint density at radius 2 is 1.77 bits per heavy atom. The van der Waals surface area contributed by atoms with Crippen LogP contribution in [-0.2, 0) is 17.9 Å². The normalized spacial score (nSPS) is 16.0. The Morgan fingerprint density at radius 3 is 2.59 bits per heavy atom. The number of aryl methyl sites for hydroxylation is 1. The Labute approximate surface area is 229 Å². The van der Waals surface area contributed by atoms with E-state index in [1.54, 1.807) is 7.11 Å². The molecule has 2 aliphatic rings. The molecule has 1 atom stereocenters. The number of hydrogen-bond donors (Lipinski definition) is 0. The number of hydrogen-bond acceptors (Lipinski definition) is 5. The van der Waals surface area contributed by atoms with Crippen molar-refractivity contribution in [2.75, 3.05) is 40.1 Å². The fourth-order valence-corrected chi connectivity index (χ4v) is 5.84. The van der Waals surface area contributed by atoms with E-state index in [1.165, 1.54) is 22.0 Å². The van der Waals surface area contributed by atoms with Gasteiger partial charge < -0.3 is 23.7 Å². The minimum absolute atomic E-state index is 0.0584. The number of piperazine rings is 1. The SMILES string of the molecule is CCn1cc([C@@H](CC(=O)N2CCN(Cc3ccc4c(c3)OCO4)CC2)c2cccc(OC)c2)c2ccccc21. The van der Waals surface area contributed by atoms with Crippen molar-refractivity contribution in [1.29, 1.82) is 0 Å². The van der Waals surface area contributed by atoms with Gasteiger partial charge in [-0.3, -0.25) is 9.69 Å². The summed E-state index contributed by atoms with van der Waals surface area (Å²) in [4.78, 5) is 18.2. The van der Waals surface area contributed by atoms with Crippen LogP contribution in [0.1, 0.15) is 36.0 Å². The van der Waals surface area contributed by atoms with Gasteiger partial charge in [-0.05, 0) is 53.9 Å². The van der Waals surface area contributed by atoms with Crippen LogP contribution in [0.2, 0.25) is 0 Å². The molecule has 3 aromatic carbocycles. The number of ether oxygens (including phenoxy) is 3. The molecule has 1 amide bonds. The van der Waals surface area contributed by atoms with Crippen LogP contribution in [0.4, 0.5) is 0 Å². The highest BCUT2D eigenvalue weighted by atomic mass is 16.7. The molecule has 0 bridgehead atoms. The summed E-state index contributed by atoms with van der Waals surface area (Å²) in [5.74, 6) is 2.56. The van der Waals surface area contributed by atoms with E-state index in [4.69, 9.17) is 14.2 Å². The van der Waals surface area contributed by atoms with Gasteiger partial charge in [0.15, 0.2) is 11.5 Å². The predicted molar refractivity (Wildman–Crippen MR) is 151 cm³/mol. The topological polar surface area (TPSA) is 56.2 Å². The summed E-state index contributed by atoms with van der Waals surface area (Å²) in [7, 11) is 1.69. The summed E-state index contributed by atoms with van der Waals surface area (Å²) < 4.78 is 18.8. The van der Waals surface area contributed by atoms with Crippen LogP contribution in [-0.4, -0.2) is 60.4 Å². The highest BCUT2D eigenvalue weighted by molar-refractivity contribution is 5.86. The van der Waals surface area contributed by atoms with Gasteiger partial charge in [0.2, 0.25) is 12.7 Å². The summed E-state index contributed by atoms with van der Waals surface area (Å²) in [5.41, 5.74) is 4.69. The maximum Gasteiger partial charge on any atom is 0.231 e. The van der Waals surface area contributed by atoms with Crippen molar-refractivity contribution < 1.29 is 19.0 Å². The van der Waals surface area contributed by atoms with Gasteiger partial charge in [-0.1, -0.05) is 36.4 Å². The largest absolute Gasteiger partial charge is 0.497 e. The zero-order valence-corrected chi connectivity index (χ0v) is 22.6. The summed E-state index contributed by atoms with van der Waals surface area (Å²) in [6.07, 6.45) is 2.65. The van der Waals surface area contributed by atoms with Gasteiger partial charge in [-0.2, -0.15) is 0 Å². The van der Waals surface area contributed by atoms with Gasteiger partial charge in [0.05, 0.1) is 7.11 Å². The first-order chi connectivity index (χ1) is 19.1. The molecule has 0 saturated carbocycles. The van der Waals surface area contributed by atoms with Crippen LogP contribution in [0.15, 0.2) is 72.9 Å². The van der Waals surface area contributed by atoms with Crippen molar-refractivity contribution in [2.24, 2.45) is 0 Å². The molecule has 202 valence electrons. The Balaban J connectivity index is 1.19. The average Bonchev–Trinajstić information content (AvgIpc) is 3.60. The molecule has 0 radical (unpaired) electrons. The molecular weight excluding hydrogens is 490 g/mol. The third-order valence-electron chi connectivity index (χ3n) is 7.98. The molecule has 1 aromatic heterocycles. The Hall–Kier alpha value is -3.97. The lowest BCUT2D eigenvalue weighted by Gasteiger charge is -2.35. The van der Waals surface area contributed by atoms with Crippen molar-refractivity contribution in [1.82, 2.24) is 14.4 Å². The second-order valence-electron chi connectivity index (χ2n) is 10.3. The van der Waals surface area contributed by atoms with Crippen LogP contribution in [0, 0.1) is 0 Å². The third-order valence-corrected chi connectivity index (χ3v) is 7.98.